The van der Waals surface area contributed by atoms with Gasteiger partial charge in [-0.3, -0.25) is 0 Å². The Morgan fingerprint density at radius 3 is 2.43 bits per heavy atom. The zero-order chi connectivity index (χ0) is 10.1. The number of aromatic nitrogens is 1. The van der Waals surface area contributed by atoms with E-state index in [0.717, 1.165) is 0 Å². The summed E-state index contributed by atoms with van der Waals surface area (Å²) < 4.78 is 0. The second-order valence-electron chi connectivity index (χ2n) is 3.85. The highest BCUT2D eigenvalue weighted by Gasteiger charge is 1.95. The van der Waals surface area contributed by atoms with Crippen LogP contribution in [0, 0.1) is 0 Å². The first-order valence-corrected chi connectivity index (χ1v) is 6.75. The van der Waals surface area contributed by atoms with Crippen LogP contribution in [0.3, 0.4) is 0 Å². The molecule has 1 rings (SSSR count). The highest BCUT2D eigenvalue weighted by atomic mass is 32.1. The van der Waals surface area contributed by atoms with E-state index in [1.165, 1.54) is 57.1 Å². The second-order valence-corrected chi connectivity index (χ2v) is 4.57. The topological polar surface area (TPSA) is 12.9 Å². The van der Waals surface area contributed by atoms with Gasteiger partial charge in [0.25, 0.3) is 0 Å². The van der Waals surface area contributed by atoms with Gasteiger partial charge >= 0.3 is 0 Å². The fourth-order valence-corrected chi connectivity index (χ4v) is 2.22. The van der Waals surface area contributed by atoms with Gasteiger partial charge in [0, 0.05) is 5.38 Å². The molecule has 14 heavy (non-hydrogen) atoms. The molecule has 0 aliphatic rings. The molecule has 0 unspecified atom stereocenters. The molecule has 0 saturated carbocycles. The molecule has 0 spiro atoms. The lowest BCUT2D eigenvalue weighted by atomic mass is 10.1. The molecule has 0 radical (unpaired) electrons. The highest BCUT2D eigenvalue weighted by molar-refractivity contribution is 7.07. The molecular formula is C12H21NS. The van der Waals surface area contributed by atoms with Crippen LogP contribution in [0.2, 0.25) is 0 Å². The summed E-state index contributed by atoms with van der Waals surface area (Å²) in [5.41, 5.74) is 3.21. The smallest absolute Gasteiger partial charge is 0.0794 e. The van der Waals surface area contributed by atoms with Crippen molar-refractivity contribution >= 4 is 11.3 Å². The number of aryl methyl sites for hydroxylation is 1. The molecule has 0 N–H and O–H groups in total. The largest absolute Gasteiger partial charge is 0.250 e. The molecule has 0 atom stereocenters. The van der Waals surface area contributed by atoms with Gasteiger partial charge in [-0.05, 0) is 12.8 Å². The van der Waals surface area contributed by atoms with Crippen molar-refractivity contribution in [2.24, 2.45) is 0 Å². The summed E-state index contributed by atoms with van der Waals surface area (Å²) in [6.07, 6.45) is 10.9. The number of unbranched alkanes of at least 4 members (excludes halogenated alkanes) is 6. The maximum atomic E-state index is 4.28. The van der Waals surface area contributed by atoms with Crippen molar-refractivity contribution in [2.75, 3.05) is 0 Å². The predicted molar refractivity (Wildman–Crippen MR) is 63.8 cm³/mol. The number of hydrogen-bond donors (Lipinski definition) is 0. The molecule has 0 aliphatic heterocycles. The van der Waals surface area contributed by atoms with Crippen molar-refractivity contribution in [1.82, 2.24) is 4.98 Å². The molecule has 0 fully saturated rings. The van der Waals surface area contributed by atoms with Gasteiger partial charge in [0.2, 0.25) is 0 Å². The summed E-state index contributed by atoms with van der Waals surface area (Å²) in [4.78, 5) is 4.28. The minimum absolute atomic E-state index is 1.18. The fourth-order valence-electron chi connectivity index (χ4n) is 1.62. The first-order valence-electron chi connectivity index (χ1n) is 5.80. The third-order valence-electron chi connectivity index (χ3n) is 2.52. The number of thiazole rings is 1. The van der Waals surface area contributed by atoms with E-state index in [-0.39, 0.29) is 0 Å². The molecule has 1 nitrogen and oxygen atoms in total. The van der Waals surface area contributed by atoms with Crippen molar-refractivity contribution < 1.29 is 0 Å². The standard InChI is InChI=1S/C12H21NS/c1-2-3-4-5-6-7-8-9-12-10-14-11-13-12/h10-11H,2-9H2,1H3. The van der Waals surface area contributed by atoms with E-state index in [1.54, 1.807) is 11.3 Å². The van der Waals surface area contributed by atoms with Gasteiger partial charge in [0.05, 0.1) is 11.2 Å². The summed E-state index contributed by atoms with van der Waals surface area (Å²) in [6.45, 7) is 2.27. The molecule has 0 aromatic carbocycles. The van der Waals surface area contributed by atoms with E-state index in [4.69, 9.17) is 0 Å². The van der Waals surface area contributed by atoms with Crippen molar-refractivity contribution in [2.45, 2.75) is 58.3 Å². The van der Waals surface area contributed by atoms with Gasteiger partial charge < -0.3 is 0 Å². The Hall–Kier alpha value is -0.370. The minimum Gasteiger partial charge on any atom is -0.250 e. The lowest BCUT2D eigenvalue weighted by Crippen LogP contribution is -1.85. The van der Waals surface area contributed by atoms with Crippen molar-refractivity contribution in [1.29, 1.82) is 0 Å². The molecular weight excluding hydrogens is 190 g/mol. The van der Waals surface area contributed by atoms with Gasteiger partial charge in [0.1, 0.15) is 0 Å². The van der Waals surface area contributed by atoms with Crippen LogP contribution in [0.5, 0.6) is 0 Å². The third kappa shape index (κ3) is 5.38. The highest BCUT2D eigenvalue weighted by Crippen LogP contribution is 2.10. The van der Waals surface area contributed by atoms with E-state index >= 15 is 0 Å². The average Bonchev–Trinajstić information content (AvgIpc) is 2.69. The molecule has 1 heterocycles. The Bertz CT molecular complexity index is 206. The molecule has 1 aromatic heterocycles. The Labute approximate surface area is 91.6 Å². The Morgan fingerprint density at radius 2 is 1.79 bits per heavy atom. The van der Waals surface area contributed by atoms with Gasteiger partial charge in [-0.15, -0.1) is 11.3 Å². The maximum absolute atomic E-state index is 4.28. The Kier molecular flexibility index (Phi) is 6.67. The quantitative estimate of drug-likeness (QED) is 0.579. The summed E-state index contributed by atoms with van der Waals surface area (Å²) in [6, 6.07) is 0. The molecule has 1 aromatic rings. The molecule has 80 valence electrons. The van der Waals surface area contributed by atoms with Gasteiger partial charge in [-0.25, -0.2) is 4.98 Å². The van der Waals surface area contributed by atoms with Crippen LogP contribution in [-0.2, 0) is 6.42 Å². The summed E-state index contributed by atoms with van der Waals surface area (Å²) >= 11 is 1.70. The molecule has 0 saturated heterocycles. The molecule has 2 heteroatoms. The SMILES string of the molecule is CCCCCCCCCc1cscn1. The molecule has 0 aliphatic carbocycles. The summed E-state index contributed by atoms with van der Waals surface area (Å²) in [7, 11) is 0. The van der Waals surface area contributed by atoms with Crippen LogP contribution in [0.4, 0.5) is 0 Å². The first-order chi connectivity index (χ1) is 6.93. The minimum atomic E-state index is 1.18. The monoisotopic (exact) mass is 211 g/mol. The third-order valence-corrected chi connectivity index (χ3v) is 3.16. The maximum Gasteiger partial charge on any atom is 0.0794 e. The second kappa shape index (κ2) is 7.98. The van der Waals surface area contributed by atoms with Gasteiger partial charge in [0.15, 0.2) is 0 Å². The van der Waals surface area contributed by atoms with Crippen molar-refractivity contribution in [3.63, 3.8) is 0 Å². The Morgan fingerprint density at radius 1 is 1.07 bits per heavy atom. The molecule has 0 bridgehead atoms. The van der Waals surface area contributed by atoms with Crippen molar-refractivity contribution in [3.05, 3.63) is 16.6 Å². The van der Waals surface area contributed by atoms with E-state index in [1.807, 2.05) is 5.51 Å². The van der Waals surface area contributed by atoms with Crippen LogP contribution in [-0.4, -0.2) is 4.98 Å². The van der Waals surface area contributed by atoms with Gasteiger partial charge in [-0.1, -0.05) is 45.4 Å². The zero-order valence-electron chi connectivity index (χ0n) is 9.17. The van der Waals surface area contributed by atoms with Gasteiger partial charge in [-0.2, -0.15) is 0 Å². The van der Waals surface area contributed by atoms with E-state index in [0.29, 0.717) is 0 Å². The van der Waals surface area contributed by atoms with E-state index < -0.39 is 0 Å². The zero-order valence-corrected chi connectivity index (χ0v) is 9.98. The van der Waals surface area contributed by atoms with Crippen LogP contribution in [0.15, 0.2) is 10.9 Å². The van der Waals surface area contributed by atoms with E-state index in [9.17, 15) is 0 Å². The van der Waals surface area contributed by atoms with Crippen LogP contribution < -0.4 is 0 Å². The van der Waals surface area contributed by atoms with Crippen LogP contribution >= 0.6 is 11.3 Å². The van der Waals surface area contributed by atoms with Crippen LogP contribution in [0.25, 0.3) is 0 Å². The summed E-state index contributed by atoms with van der Waals surface area (Å²) in [5, 5.41) is 2.16. The van der Waals surface area contributed by atoms with E-state index in [2.05, 4.69) is 17.3 Å². The predicted octanol–water partition coefficient (Wildman–Crippen LogP) is 4.44. The number of nitrogens with zero attached hydrogens (tertiary/aromatic N) is 1. The van der Waals surface area contributed by atoms with Crippen LogP contribution in [0.1, 0.15) is 57.6 Å². The summed E-state index contributed by atoms with van der Waals surface area (Å²) in [5.74, 6) is 0. The lowest BCUT2D eigenvalue weighted by molar-refractivity contribution is 0.588. The number of rotatable bonds is 8. The molecule has 0 amide bonds. The van der Waals surface area contributed by atoms with Crippen molar-refractivity contribution in [3.8, 4) is 0 Å². The lowest BCUT2D eigenvalue weighted by Gasteiger charge is -1.99. The first kappa shape index (κ1) is 11.7. The number of hydrogen-bond acceptors (Lipinski definition) is 2. The normalized spacial score (nSPS) is 10.6. The Balaban J connectivity index is 1.85. The average molecular weight is 211 g/mol. The fraction of sp³-hybridized carbons (Fsp3) is 0.750.